The Morgan fingerprint density at radius 1 is 0.886 bits per heavy atom. The van der Waals surface area contributed by atoms with E-state index in [9.17, 15) is 17.8 Å². The average Bonchev–Trinajstić information content (AvgIpc) is 3.19. The normalized spacial score (nSPS) is 14.7. The Kier molecular flexibility index (Phi) is 6.59. The van der Waals surface area contributed by atoms with Crippen LogP contribution in [0.1, 0.15) is 11.1 Å². The van der Waals surface area contributed by atoms with Crippen molar-refractivity contribution in [3.05, 3.63) is 83.6 Å². The molecule has 0 aliphatic carbocycles. The molecular formula is C25H22N2O7S. The zero-order valence-corrected chi connectivity index (χ0v) is 19.9. The van der Waals surface area contributed by atoms with Crippen LogP contribution in [0.4, 0.5) is 5.69 Å². The standard InChI is InChI=1S/C25H22N2O7S/c1-32-21-14-16(15-22(33-2)23(21)34-3)13-20-25(28)27(24(26-20)17-7-5-4-6-8-17)18-9-11-19(12-10-18)35(29,30)31/h4-15H,1-3H3,(H,29,30,31)/b20-13+. The lowest BCUT2D eigenvalue weighted by molar-refractivity contribution is -0.113. The molecule has 0 bridgehead atoms. The lowest BCUT2D eigenvalue weighted by atomic mass is 10.1. The molecule has 0 spiro atoms. The van der Waals surface area contributed by atoms with Crippen LogP contribution in [-0.2, 0) is 14.9 Å². The Hall–Kier alpha value is -4.15. The van der Waals surface area contributed by atoms with Crippen molar-refractivity contribution in [2.45, 2.75) is 4.90 Å². The van der Waals surface area contributed by atoms with Gasteiger partial charge in [-0.3, -0.25) is 14.2 Å². The Morgan fingerprint density at radius 2 is 1.49 bits per heavy atom. The number of nitrogens with zero attached hydrogens (tertiary/aromatic N) is 2. The maximum atomic E-state index is 13.5. The summed E-state index contributed by atoms with van der Waals surface area (Å²) < 4.78 is 48.3. The first-order chi connectivity index (χ1) is 16.8. The highest BCUT2D eigenvalue weighted by Gasteiger charge is 2.32. The minimum absolute atomic E-state index is 0.150. The van der Waals surface area contributed by atoms with Gasteiger partial charge < -0.3 is 14.2 Å². The SMILES string of the molecule is COc1cc(/C=C2/N=C(c3ccccc3)N(c3ccc(S(=O)(=O)O)cc3)C2=O)cc(OC)c1OC. The van der Waals surface area contributed by atoms with Gasteiger partial charge in [0.1, 0.15) is 11.5 Å². The summed E-state index contributed by atoms with van der Waals surface area (Å²) in [6.07, 6.45) is 1.60. The molecule has 0 fully saturated rings. The van der Waals surface area contributed by atoms with E-state index in [0.717, 1.165) is 0 Å². The van der Waals surface area contributed by atoms with Gasteiger partial charge in [-0.05, 0) is 48.0 Å². The van der Waals surface area contributed by atoms with Gasteiger partial charge in [-0.2, -0.15) is 8.42 Å². The first-order valence-corrected chi connectivity index (χ1v) is 11.8. The van der Waals surface area contributed by atoms with E-state index in [1.165, 1.54) is 50.5 Å². The summed E-state index contributed by atoms with van der Waals surface area (Å²) in [6.45, 7) is 0. The summed E-state index contributed by atoms with van der Waals surface area (Å²) in [5, 5.41) is 0. The lowest BCUT2D eigenvalue weighted by Gasteiger charge is -2.18. The molecule has 1 N–H and O–H groups in total. The number of carbonyl (C=O) groups is 1. The third-order valence-corrected chi connectivity index (χ3v) is 6.14. The van der Waals surface area contributed by atoms with Crippen LogP contribution in [0.2, 0.25) is 0 Å². The molecule has 180 valence electrons. The average molecular weight is 495 g/mol. The molecule has 0 radical (unpaired) electrons. The van der Waals surface area contributed by atoms with Crippen LogP contribution in [0.3, 0.4) is 0 Å². The van der Waals surface area contributed by atoms with Crippen LogP contribution in [0.5, 0.6) is 17.2 Å². The Morgan fingerprint density at radius 3 is 2.00 bits per heavy atom. The molecule has 1 aliphatic heterocycles. The van der Waals surface area contributed by atoms with Crippen molar-refractivity contribution in [2.75, 3.05) is 26.2 Å². The molecular weight excluding hydrogens is 472 g/mol. The van der Waals surface area contributed by atoms with E-state index in [1.807, 2.05) is 30.3 Å². The van der Waals surface area contributed by atoms with Crippen LogP contribution in [0, 0.1) is 0 Å². The van der Waals surface area contributed by atoms with E-state index in [-0.39, 0.29) is 10.6 Å². The highest BCUT2D eigenvalue weighted by Crippen LogP contribution is 2.39. The molecule has 3 aromatic rings. The molecule has 1 heterocycles. The van der Waals surface area contributed by atoms with Crippen molar-refractivity contribution in [3.8, 4) is 17.2 Å². The number of hydrogen-bond acceptors (Lipinski definition) is 7. The van der Waals surface area contributed by atoms with Gasteiger partial charge >= 0.3 is 0 Å². The topological polar surface area (TPSA) is 115 Å². The number of anilines is 1. The Balaban J connectivity index is 1.82. The molecule has 4 rings (SSSR count). The quantitative estimate of drug-likeness (QED) is 0.393. The monoisotopic (exact) mass is 494 g/mol. The largest absolute Gasteiger partial charge is 0.493 e. The fraction of sp³-hybridized carbons (Fsp3) is 0.120. The summed E-state index contributed by atoms with van der Waals surface area (Å²) in [5.74, 6) is 1.22. The van der Waals surface area contributed by atoms with Gasteiger partial charge in [0.25, 0.3) is 16.0 Å². The third kappa shape index (κ3) is 4.75. The van der Waals surface area contributed by atoms with Crippen molar-refractivity contribution in [2.24, 2.45) is 4.99 Å². The second-order valence-electron chi connectivity index (χ2n) is 7.40. The highest BCUT2D eigenvalue weighted by atomic mass is 32.2. The van der Waals surface area contributed by atoms with Gasteiger partial charge in [-0.15, -0.1) is 0 Å². The van der Waals surface area contributed by atoms with Crippen LogP contribution in [0.25, 0.3) is 6.08 Å². The number of methoxy groups -OCH3 is 3. The van der Waals surface area contributed by atoms with E-state index >= 15 is 0 Å². The number of hydrogen-bond donors (Lipinski definition) is 1. The summed E-state index contributed by atoms with van der Waals surface area (Å²) >= 11 is 0. The van der Waals surface area contributed by atoms with E-state index in [4.69, 9.17) is 14.2 Å². The zero-order chi connectivity index (χ0) is 25.2. The molecule has 0 unspecified atom stereocenters. The molecule has 0 saturated carbocycles. The summed E-state index contributed by atoms with van der Waals surface area (Å²) in [6, 6.07) is 17.8. The van der Waals surface area contributed by atoms with Crippen LogP contribution in [-0.4, -0.2) is 46.0 Å². The predicted octanol–water partition coefficient (Wildman–Crippen LogP) is 3.79. The minimum Gasteiger partial charge on any atom is -0.493 e. The molecule has 10 heteroatoms. The summed E-state index contributed by atoms with van der Waals surface area (Å²) in [4.78, 5) is 19.2. The molecule has 0 aromatic heterocycles. The van der Waals surface area contributed by atoms with Crippen molar-refractivity contribution < 1.29 is 32.0 Å². The minimum atomic E-state index is -4.37. The van der Waals surface area contributed by atoms with E-state index in [0.29, 0.717) is 39.9 Å². The smallest absolute Gasteiger partial charge is 0.294 e. The van der Waals surface area contributed by atoms with Gasteiger partial charge in [-0.25, -0.2) is 4.99 Å². The maximum absolute atomic E-state index is 13.5. The molecule has 9 nitrogen and oxygen atoms in total. The first-order valence-electron chi connectivity index (χ1n) is 10.3. The fourth-order valence-electron chi connectivity index (χ4n) is 3.65. The second kappa shape index (κ2) is 9.61. The number of amides is 1. The maximum Gasteiger partial charge on any atom is 0.294 e. The van der Waals surface area contributed by atoms with Gasteiger partial charge in [0.15, 0.2) is 11.5 Å². The molecule has 1 amide bonds. The van der Waals surface area contributed by atoms with Gasteiger partial charge in [0, 0.05) is 5.56 Å². The molecule has 35 heavy (non-hydrogen) atoms. The first kappa shape index (κ1) is 24.0. The number of carbonyl (C=O) groups excluding carboxylic acids is 1. The molecule has 3 aromatic carbocycles. The van der Waals surface area contributed by atoms with Crippen molar-refractivity contribution in [3.63, 3.8) is 0 Å². The number of aliphatic imine (C=N–C) groups is 1. The third-order valence-electron chi connectivity index (χ3n) is 5.28. The summed E-state index contributed by atoms with van der Waals surface area (Å²) in [7, 11) is 0.126. The molecule has 0 atom stereocenters. The predicted molar refractivity (Wildman–Crippen MR) is 131 cm³/mol. The van der Waals surface area contributed by atoms with Gasteiger partial charge in [0.05, 0.1) is 31.9 Å². The summed E-state index contributed by atoms with van der Waals surface area (Å²) in [5.41, 5.74) is 1.82. The lowest BCUT2D eigenvalue weighted by Crippen LogP contribution is -2.32. The number of benzene rings is 3. The van der Waals surface area contributed by atoms with Crippen LogP contribution < -0.4 is 19.1 Å². The van der Waals surface area contributed by atoms with Crippen LogP contribution in [0.15, 0.2) is 82.3 Å². The Bertz CT molecular complexity index is 1410. The van der Waals surface area contributed by atoms with Gasteiger partial charge in [-0.1, -0.05) is 30.3 Å². The van der Waals surface area contributed by atoms with Crippen LogP contribution >= 0.6 is 0 Å². The molecule has 1 aliphatic rings. The van der Waals surface area contributed by atoms with E-state index < -0.39 is 16.0 Å². The fourth-order valence-corrected chi connectivity index (χ4v) is 4.13. The second-order valence-corrected chi connectivity index (χ2v) is 8.82. The highest BCUT2D eigenvalue weighted by molar-refractivity contribution is 7.85. The molecule has 0 saturated heterocycles. The van der Waals surface area contributed by atoms with E-state index in [1.54, 1.807) is 18.2 Å². The number of ether oxygens (including phenoxy) is 3. The van der Waals surface area contributed by atoms with Crippen molar-refractivity contribution in [1.29, 1.82) is 0 Å². The van der Waals surface area contributed by atoms with Gasteiger partial charge in [0.2, 0.25) is 5.75 Å². The number of rotatable bonds is 7. The number of amidine groups is 1. The van der Waals surface area contributed by atoms with E-state index in [2.05, 4.69) is 4.99 Å². The Labute approximate surface area is 202 Å². The zero-order valence-electron chi connectivity index (χ0n) is 19.1. The van der Waals surface area contributed by atoms with Crippen molar-refractivity contribution >= 4 is 33.6 Å². The van der Waals surface area contributed by atoms with Crippen molar-refractivity contribution in [1.82, 2.24) is 0 Å².